The van der Waals surface area contributed by atoms with Gasteiger partial charge in [0.15, 0.2) is 4.32 Å². The van der Waals surface area contributed by atoms with Gasteiger partial charge in [-0.15, -0.1) is 0 Å². The van der Waals surface area contributed by atoms with Gasteiger partial charge in [0.2, 0.25) is 0 Å². The van der Waals surface area contributed by atoms with E-state index in [9.17, 15) is 14.9 Å². The van der Waals surface area contributed by atoms with Crippen molar-refractivity contribution in [2.75, 3.05) is 42.7 Å². The lowest BCUT2D eigenvalue weighted by Crippen LogP contribution is -2.36. The Morgan fingerprint density at radius 3 is 2.59 bits per heavy atom. The lowest BCUT2D eigenvalue weighted by molar-refractivity contribution is -0.384. The molecule has 2 aliphatic rings. The van der Waals surface area contributed by atoms with Crippen molar-refractivity contribution in [3.63, 3.8) is 0 Å². The number of nitrogens with zero attached hydrogens (tertiary/aromatic N) is 3. The van der Waals surface area contributed by atoms with Gasteiger partial charge in [-0.05, 0) is 43.3 Å². The van der Waals surface area contributed by atoms with Crippen molar-refractivity contribution >= 4 is 57.3 Å². The van der Waals surface area contributed by atoms with Gasteiger partial charge in [-0.2, -0.15) is 0 Å². The molecule has 0 unspecified atom stereocenters. The topological polar surface area (TPSA) is 85.1 Å². The van der Waals surface area contributed by atoms with Crippen LogP contribution < -0.4 is 14.5 Å². The lowest BCUT2D eigenvalue weighted by Gasteiger charge is -2.30. The van der Waals surface area contributed by atoms with Gasteiger partial charge in [-0.1, -0.05) is 24.0 Å². The molecule has 166 valence electrons. The number of morpholine rings is 1. The van der Waals surface area contributed by atoms with E-state index >= 15 is 0 Å². The zero-order valence-corrected chi connectivity index (χ0v) is 19.0. The number of rotatable bonds is 6. The van der Waals surface area contributed by atoms with Gasteiger partial charge in [0, 0.05) is 36.5 Å². The quantitative estimate of drug-likeness (QED) is 0.268. The van der Waals surface area contributed by atoms with Gasteiger partial charge in [0.1, 0.15) is 5.75 Å². The molecule has 2 aromatic rings. The molecule has 2 aromatic carbocycles. The zero-order chi connectivity index (χ0) is 22.7. The summed E-state index contributed by atoms with van der Waals surface area (Å²) in [4.78, 5) is 28.1. The number of benzene rings is 2. The number of hydrogen-bond acceptors (Lipinski definition) is 8. The number of carbonyl (C=O) groups excluding carboxylic acids is 1. The molecule has 2 aliphatic heterocycles. The van der Waals surface area contributed by atoms with Crippen LogP contribution in [-0.2, 0) is 9.53 Å². The van der Waals surface area contributed by atoms with E-state index in [1.165, 1.54) is 28.8 Å². The minimum atomic E-state index is -0.439. The summed E-state index contributed by atoms with van der Waals surface area (Å²) in [5.41, 5.74) is 2.04. The summed E-state index contributed by atoms with van der Waals surface area (Å²) in [7, 11) is 0. The number of ether oxygens (including phenoxy) is 2. The number of thioether (sulfide) groups is 1. The first-order chi connectivity index (χ1) is 15.5. The maximum absolute atomic E-state index is 13.2. The maximum atomic E-state index is 13.2. The van der Waals surface area contributed by atoms with Crippen molar-refractivity contribution < 1.29 is 19.2 Å². The summed E-state index contributed by atoms with van der Waals surface area (Å²) in [6, 6.07) is 11.8. The molecule has 0 bridgehead atoms. The Morgan fingerprint density at radius 2 is 1.94 bits per heavy atom. The fraction of sp³-hybridized carbons (Fsp3) is 0.273. The van der Waals surface area contributed by atoms with E-state index in [2.05, 4.69) is 4.90 Å². The van der Waals surface area contributed by atoms with E-state index in [1.54, 1.807) is 36.4 Å². The fourth-order valence-electron chi connectivity index (χ4n) is 3.55. The minimum absolute atomic E-state index is 0.0322. The Balaban J connectivity index is 1.67. The van der Waals surface area contributed by atoms with Crippen LogP contribution in [0.15, 0.2) is 47.4 Å². The first-order valence-electron chi connectivity index (χ1n) is 10.1. The Bertz CT molecular complexity index is 1080. The SMILES string of the molecule is CCOc1ccc(N2C(=O)/C(=C/c3cc([N+](=O)[O-])ccc3N3CCOCC3)SC2=S)cc1. The second kappa shape index (κ2) is 9.68. The number of hydrogen-bond donors (Lipinski definition) is 0. The van der Waals surface area contributed by atoms with Crippen molar-refractivity contribution in [1.82, 2.24) is 0 Å². The molecule has 0 aromatic heterocycles. The monoisotopic (exact) mass is 471 g/mol. The number of non-ortho nitro benzene ring substituents is 1. The molecule has 10 heteroatoms. The molecule has 0 spiro atoms. The predicted octanol–water partition coefficient (Wildman–Crippen LogP) is 4.24. The third-order valence-electron chi connectivity index (χ3n) is 5.06. The molecule has 0 radical (unpaired) electrons. The van der Waals surface area contributed by atoms with Crippen molar-refractivity contribution in [2.45, 2.75) is 6.92 Å². The summed E-state index contributed by atoms with van der Waals surface area (Å²) >= 11 is 6.64. The third kappa shape index (κ3) is 4.62. The molecule has 2 fully saturated rings. The van der Waals surface area contributed by atoms with Crippen LogP contribution in [0.4, 0.5) is 17.1 Å². The highest BCUT2D eigenvalue weighted by molar-refractivity contribution is 8.27. The first kappa shape index (κ1) is 22.3. The summed E-state index contributed by atoms with van der Waals surface area (Å²) in [5, 5.41) is 11.3. The van der Waals surface area contributed by atoms with Gasteiger partial charge in [0.05, 0.1) is 35.3 Å². The minimum Gasteiger partial charge on any atom is -0.494 e. The molecule has 1 amide bonds. The van der Waals surface area contributed by atoms with E-state index in [4.69, 9.17) is 21.7 Å². The molecule has 0 aliphatic carbocycles. The van der Waals surface area contributed by atoms with Crippen LogP contribution in [-0.4, -0.2) is 48.1 Å². The Hall–Kier alpha value is -2.95. The maximum Gasteiger partial charge on any atom is 0.270 e. The predicted molar refractivity (Wildman–Crippen MR) is 129 cm³/mol. The Labute approximate surface area is 194 Å². The van der Waals surface area contributed by atoms with Gasteiger partial charge < -0.3 is 14.4 Å². The van der Waals surface area contributed by atoms with E-state index in [1.807, 2.05) is 6.92 Å². The van der Waals surface area contributed by atoms with E-state index < -0.39 is 4.92 Å². The molecule has 32 heavy (non-hydrogen) atoms. The molecular weight excluding hydrogens is 450 g/mol. The standard InChI is InChI=1S/C22H21N3O5S2/c1-2-30-18-6-3-16(4-7-18)24-21(26)20(32-22(24)31)14-15-13-17(25(27)28)5-8-19(15)23-9-11-29-12-10-23/h3-8,13-14H,2,9-12H2,1H3/b20-14-. The summed E-state index contributed by atoms with van der Waals surface area (Å²) in [6.45, 7) is 4.96. The molecule has 0 atom stereocenters. The van der Waals surface area contributed by atoms with Crippen LogP contribution in [0.2, 0.25) is 0 Å². The highest BCUT2D eigenvalue weighted by Crippen LogP contribution is 2.38. The van der Waals surface area contributed by atoms with Crippen LogP contribution in [0.5, 0.6) is 5.75 Å². The average Bonchev–Trinajstić information content (AvgIpc) is 3.08. The Morgan fingerprint density at radius 1 is 1.22 bits per heavy atom. The number of nitro benzene ring substituents is 1. The van der Waals surface area contributed by atoms with Gasteiger partial charge in [-0.25, -0.2) is 0 Å². The lowest BCUT2D eigenvalue weighted by atomic mass is 10.1. The van der Waals surface area contributed by atoms with Gasteiger partial charge >= 0.3 is 0 Å². The summed E-state index contributed by atoms with van der Waals surface area (Å²) in [6.07, 6.45) is 1.69. The summed E-state index contributed by atoms with van der Waals surface area (Å²) in [5.74, 6) is 0.451. The molecular formula is C22H21N3O5S2. The normalized spacial score (nSPS) is 17.8. The van der Waals surface area contributed by atoms with E-state index in [-0.39, 0.29) is 11.6 Å². The number of nitro groups is 1. The van der Waals surface area contributed by atoms with Crippen LogP contribution in [0.3, 0.4) is 0 Å². The second-order valence-corrected chi connectivity index (χ2v) is 8.72. The molecule has 0 saturated carbocycles. The van der Waals surface area contributed by atoms with Crippen molar-refractivity contribution in [3.8, 4) is 5.75 Å². The molecule has 2 heterocycles. The first-order valence-corrected chi connectivity index (χ1v) is 11.3. The second-order valence-electron chi connectivity index (χ2n) is 7.04. The van der Waals surface area contributed by atoms with Crippen LogP contribution >= 0.6 is 24.0 Å². The van der Waals surface area contributed by atoms with Crippen molar-refractivity contribution in [3.05, 3.63) is 63.0 Å². The number of carbonyl (C=O) groups is 1. The molecule has 2 saturated heterocycles. The van der Waals surface area contributed by atoms with Crippen molar-refractivity contribution in [2.24, 2.45) is 0 Å². The molecule has 0 N–H and O–H groups in total. The highest BCUT2D eigenvalue weighted by Gasteiger charge is 2.33. The van der Waals surface area contributed by atoms with Crippen LogP contribution in [0.1, 0.15) is 12.5 Å². The Kier molecular flexibility index (Phi) is 6.73. The third-order valence-corrected chi connectivity index (χ3v) is 6.36. The highest BCUT2D eigenvalue weighted by atomic mass is 32.2. The van der Waals surface area contributed by atoms with Gasteiger partial charge in [-0.3, -0.25) is 19.8 Å². The largest absolute Gasteiger partial charge is 0.494 e. The van der Waals surface area contributed by atoms with Gasteiger partial charge in [0.25, 0.3) is 11.6 Å². The number of thiocarbonyl (C=S) groups is 1. The smallest absolute Gasteiger partial charge is 0.270 e. The van der Waals surface area contributed by atoms with E-state index in [0.717, 1.165) is 5.69 Å². The zero-order valence-electron chi connectivity index (χ0n) is 17.4. The summed E-state index contributed by atoms with van der Waals surface area (Å²) < 4.78 is 11.3. The molecule has 8 nitrogen and oxygen atoms in total. The number of amides is 1. The fourth-order valence-corrected chi connectivity index (χ4v) is 4.84. The number of anilines is 2. The van der Waals surface area contributed by atoms with E-state index in [0.29, 0.717) is 59.1 Å². The average molecular weight is 472 g/mol. The van der Waals surface area contributed by atoms with Crippen LogP contribution in [0, 0.1) is 10.1 Å². The van der Waals surface area contributed by atoms with Crippen LogP contribution in [0.25, 0.3) is 6.08 Å². The molecule has 4 rings (SSSR count). The van der Waals surface area contributed by atoms with Crippen molar-refractivity contribution in [1.29, 1.82) is 0 Å².